The summed E-state index contributed by atoms with van der Waals surface area (Å²) in [5.41, 5.74) is 0.554. The molecular formula is C17H22N4O3. The third kappa shape index (κ3) is 4.58. The van der Waals surface area contributed by atoms with E-state index in [-0.39, 0.29) is 17.1 Å². The van der Waals surface area contributed by atoms with Crippen molar-refractivity contribution < 1.29 is 14.3 Å². The van der Waals surface area contributed by atoms with E-state index in [1.54, 1.807) is 37.6 Å². The van der Waals surface area contributed by atoms with Gasteiger partial charge in [0.2, 0.25) is 5.95 Å². The second kappa shape index (κ2) is 7.16. The number of hydrogen-bond donors (Lipinski definition) is 2. The maximum atomic E-state index is 12.5. The van der Waals surface area contributed by atoms with Crippen molar-refractivity contribution in [2.75, 3.05) is 24.9 Å². The minimum absolute atomic E-state index is 0.203. The molecular weight excluding hydrogens is 308 g/mol. The highest BCUT2D eigenvalue weighted by Gasteiger charge is 2.15. The first-order valence-electron chi connectivity index (χ1n) is 7.47. The number of carbonyl (C=O) groups excluding carboxylic acids is 1. The first-order valence-corrected chi connectivity index (χ1v) is 7.47. The van der Waals surface area contributed by atoms with Crippen LogP contribution in [0.5, 0.6) is 11.5 Å². The lowest BCUT2D eigenvalue weighted by molar-refractivity contribution is 0.102. The largest absolute Gasteiger partial charge is 0.497 e. The quantitative estimate of drug-likeness (QED) is 0.877. The molecule has 7 nitrogen and oxygen atoms in total. The molecule has 2 rings (SSSR count). The summed E-state index contributed by atoms with van der Waals surface area (Å²) < 4.78 is 10.4. The van der Waals surface area contributed by atoms with Crippen LogP contribution in [0, 0.1) is 0 Å². The van der Waals surface area contributed by atoms with E-state index in [4.69, 9.17) is 9.47 Å². The molecule has 0 aliphatic carbocycles. The maximum Gasteiger partial charge on any atom is 0.274 e. The lowest BCUT2D eigenvalue weighted by Gasteiger charge is -2.20. The Morgan fingerprint density at radius 2 is 1.88 bits per heavy atom. The van der Waals surface area contributed by atoms with Crippen molar-refractivity contribution >= 4 is 17.5 Å². The molecule has 2 aromatic rings. The van der Waals surface area contributed by atoms with Gasteiger partial charge in [0.25, 0.3) is 5.91 Å². The van der Waals surface area contributed by atoms with Crippen molar-refractivity contribution in [3.8, 4) is 11.5 Å². The van der Waals surface area contributed by atoms with Crippen molar-refractivity contribution in [2.45, 2.75) is 26.3 Å². The number of ether oxygens (including phenoxy) is 2. The molecule has 1 heterocycles. The van der Waals surface area contributed by atoms with Crippen molar-refractivity contribution in [1.82, 2.24) is 9.97 Å². The highest BCUT2D eigenvalue weighted by Crippen LogP contribution is 2.29. The molecule has 0 atom stereocenters. The van der Waals surface area contributed by atoms with Gasteiger partial charge in [0.1, 0.15) is 17.2 Å². The lowest BCUT2D eigenvalue weighted by atomic mass is 10.1. The Hall–Kier alpha value is -2.83. The fourth-order valence-corrected chi connectivity index (χ4v) is 1.98. The van der Waals surface area contributed by atoms with Gasteiger partial charge in [-0.25, -0.2) is 9.97 Å². The van der Waals surface area contributed by atoms with Gasteiger partial charge in [0.05, 0.1) is 19.9 Å². The second-order valence-electron chi connectivity index (χ2n) is 6.16. The summed E-state index contributed by atoms with van der Waals surface area (Å²) in [4.78, 5) is 20.8. The van der Waals surface area contributed by atoms with Gasteiger partial charge in [-0.15, -0.1) is 0 Å². The van der Waals surface area contributed by atoms with E-state index in [1.807, 2.05) is 20.8 Å². The molecule has 7 heteroatoms. The van der Waals surface area contributed by atoms with Gasteiger partial charge in [0.15, 0.2) is 0 Å². The standard InChI is InChI=1S/C17H22N4O3/c1-17(2,3)21-16-18-9-8-12(20-16)15(22)19-13-10-11(23-4)6-7-14(13)24-5/h6-10H,1-5H3,(H,19,22)(H,18,20,21). The molecule has 1 aromatic carbocycles. The fourth-order valence-electron chi connectivity index (χ4n) is 1.98. The van der Waals surface area contributed by atoms with E-state index in [0.717, 1.165) is 0 Å². The normalized spacial score (nSPS) is 10.9. The zero-order chi connectivity index (χ0) is 17.7. The number of benzene rings is 1. The molecule has 0 saturated carbocycles. The Morgan fingerprint density at radius 1 is 1.12 bits per heavy atom. The van der Waals surface area contributed by atoms with Crippen LogP contribution >= 0.6 is 0 Å². The third-order valence-electron chi connectivity index (χ3n) is 3.03. The summed E-state index contributed by atoms with van der Waals surface area (Å²) in [6.45, 7) is 5.97. The lowest BCUT2D eigenvalue weighted by Crippen LogP contribution is -2.28. The van der Waals surface area contributed by atoms with Gasteiger partial charge in [-0.1, -0.05) is 0 Å². The molecule has 0 unspecified atom stereocenters. The number of anilines is 2. The SMILES string of the molecule is COc1ccc(OC)c(NC(=O)c2ccnc(NC(C)(C)C)n2)c1. The highest BCUT2D eigenvalue weighted by molar-refractivity contribution is 6.03. The van der Waals surface area contributed by atoms with Crippen LogP contribution in [0.25, 0.3) is 0 Å². The van der Waals surface area contributed by atoms with E-state index in [2.05, 4.69) is 20.6 Å². The Labute approximate surface area is 141 Å². The molecule has 0 aliphatic rings. The smallest absolute Gasteiger partial charge is 0.274 e. The van der Waals surface area contributed by atoms with E-state index >= 15 is 0 Å². The van der Waals surface area contributed by atoms with Crippen molar-refractivity contribution in [2.24, 2.45) is 0 Å². The third-order valence-corrected chi connectivity index (χ3v) is 3.03. The van der Waals surface area contributed by atoms with Gasteiger partial charge in [-0.2, -0.15) is 0 Å². The van der Waals surface area contributed by atoms with Crippen LogP contribution in [0.2, 0.25) is 0 Å². The molecule has 2 N–H and O–H groups in total. The molecule has 0 saturated heterocycles. The maximum absolute atomic E-state index is 12.5. The van der Waals surface area contributed by atoms with Crippen LogP contribution in [0.15, 0.2) is 30.5 Å². The van der Waals surface area contributed by atoms with Crippen LogP contribution < -0.4 is 20.1 Å². The average molecular weight is 330 g/mol. The summed E-state index contributed by atoms with van der Waals surface area (Å²) in [7, 11) is 3.09. The number of methoxy groups -OCH3 is 2. The van der Waals surface area contributed by atoms with E-state index < -0.39 is 0 Å². The molecule has 0 radical (unpaired) electrons. The van der Waals surface area contributed by atoms with Crippen LogP contribution in [0.4, 0.5) is 11.6 Å². The Balaban J connectivity index is 2.22. The van der Waals surface area contributed by atoms with Gasteiger partial charge in [0, 0.05) is 17.8 Å². The second-order valence-corrected chi connectivity index (χ2v) is 6.16. The van der Waals surface area contributed by atoms with Crippen LogP contribution in [0.1, 0.15) is 31.3 Å². The predicted molar refractivity (Wildman–Crippen MR) is 92.9 cm³/mol. The average Bonchev–Trinajstić information content (AvgIpc) is 2.53. The predicted octanol–water partition coefficient (Wildman–Crippen LogP) is 2.96. The van der Waals surface area contributed by atoms with E-state index in [1.165, 1.54) is 7.11 Å². The van der Waals surface area contributed by atoms with Crippen molar-refractivity contribution in [1.29, 1.82) is 0 Å². The fraction of sp³-hybridized carbons (Fsp3) is 0.353. The first-order chi connectivity index (χ1) is 11.3. The molecule has 0 aliphatic heterocycles. The highest BCUT2D eigenvalue weighted by atomic mass is 16.5. The Bertz CT molecular complexity index is 726. The van der Waals surface area contributed by atoms with Gasteiger partial charge in [-0.05, 0) is 39.0 Å². The monoisotopic (exact) mass is 330 g/mol. The minimum atomic E-state index is -0.360. The topological polar surface area (TPSA) is 85.4 Å². The van der Waals surface area contributed by atoms with Gasteiger partial charge in [-0.3, -0.25) is 4.79 Å². The molecule has 1 aromatic heterocycles. The zero-order valence-corrected chi connectivity index (χ0v) is 14.5. The number of aromatic nitrogens is 2. The van der Waals surface area contributed by atoms with Gasteiger partial charge < -0.3 is 20.1 Å². The summed E-state index contributed by atoms with van der Waals surface area (Å²) in [6, 6.07) is 6.72. The number of hydrogen-bond acceptors (Lipinski definition) is 6. The Kier molecular flexibility index (Phi) is 5.23. The molecule has 1 amide bonds. The van der Waals surface area contributed by atoms with E-state index in [0.29, 0.717) is 23.1 Å². The summed E-state index contributed by atoms with van der Waals surface area (Å²) in [5.74, 6) is 1.18. The van der Waals surface area contributed by atoms with Crippen LogP contribution in [-0.2, 0) is 0 Å². The van der Waals surface area contributed by atoms with Crippen LogP contribution in [-0.4, -0.2) is 35.6 Å². The molecule has 0 spiro atoms. The molecule has 24 heavy (non-hydrogen) atoms. The molecule has 0 bridgehead atoms. The molecule has 0 fully saturated rings. The summed E-state index contributed by atoms with van der Waals surface area (Å²) in [5, 5.41) is 5.91. The van der Waals surface area contributed by atoms with Crippen molar-refractivity contribution in [3.63, 3.8) is 0 Å². The first kappa shape index (κ1) is 17.5. The van der Waals surface area contributed by atoms with Crippen LogP contribution in [0.3, 0.4) is 0 Å². The molecule has 128 valence electrons. The van der Waals surface area contributed by atoms with Crippen molar-refractivity contribution in [3.05, 3.63) is 36.2 Å². The minimum Gasteiger partial charge on any atom is -0.497 e. The van der Waals surface area contributed by atoms with E-state index in [9.17, 15) is 4.79 Å². The number of nitrogens with one attached hydrogen (secondary N) is 2. The Morgan fingerprint density at radius 3 is 2.50 bits per heavy atom. The number of amides is 1. The summed E-state index contributed by atoms with van der Waals surface area (Å²) in [6.07, 6.45) is 1.54. The number of carbonyl (C=O) groups is 1. The van der Waals surface area contributed by atoms with Gasteiger partial charge >= 0.3 is 0 Å². The summed E-state index contributed by atoms with van der Waals surface area (Å²) >= 11 is 0. The number of rotatable bonds is 5. The zero-order valence-electron chi connectivity index (χ0n) is 14.5. The number of nitrogens with zero attached hydrogens (tertiary/aromatic N) is 2.